The number of furan rings is 1. The van der Waals surface area contributed by atoms with Gasteiger partial charge in [-0.1, -0.05) is 6.08 Å². The van der Waals surface area contributed by atoms with Gasteiger partial charge < -0.3 is 14.3 Å². The van der Waals surface area contributed by atoms with Crippen LogP contribution in [-0.4, -0.2) is 38.4 Å². The first kappa shape index (κ1) is 18.7. The zero-order valence-corrected chi connectivity index (χ0v) is 14.3. The summed E-state index contributed by atoms with van der Waals surface area (Å²) in [5.74, 6) is -1.44. The number of nitrogens with one attached hydrogen (secondary N) is 1. The Labute approximate surface area is 144 Å². The lowest BCUT2D eigenvalue weighted by Gasteiger charge is -2.09. The third-order valence-corrected chi connectivity index (χ3v) is 4.70. The molecular formula is C16H17NO7S. The maximum atomic E-state index is 12.3. The molecule has 2 N–H and O–H groups in total. The van der Waals surface area contributed by atoms with Gasteiger partial charge in [-0.15, -0.1) is 6.58 Å². The summed E-state index contributed by atoms with van der Waals surface area (Å²) >= 11 is 0. The van der Waals surface area contributed by atoms with Crippen molar-refractivity contribution in [2.45, 2.75) is 18.2 Å². The summed E-state index contributed by atoms with van der Waals surface area (Å²) in [6.07, 6.45) is 2.23. The van der Waals surface area contributed by atoms with Crippen molar-refractivity contribution in [1.29, 1.82) is 0 Å². The van der Waals surface area contributed by atoms with Crippen molar-refractivity contribution in [3.63, 3.8) is 0 Å². The molecule has 0 aliphatic heterocycles. The van der Waals surface area contributed by atoms with Crippen LogP contribution in [0.4, 0.5) is 0 Å². The number of carbonyl (C=O) groups is 2. The number of carbonyl (C=O) groups excluding carboxylic acids is 1. The number of rotatable bonds is 9. The highest BCUT2D eigenvalue weighted by Gasteiger charge is 2.23. The van der Waals surface area contributed by atoms with Crippen molar-refractivity contribution < 1.29 is 32.3 Å². The van der Waals surface area contributed by atoms with Gasteiger partial charge in [0.2, 0.25) is 10.0 Å². The molecule has 0 aliphatic rings. The first-order valence-electron chi connectivity index (χ1n) is 7.29. The highest BCUT2D eigenvalue weighted by molar-refractivity contribution is 7.89. The van der Waals surface area contributed by atoms with E-state index in [9.17, 15) is 18.0 Å². The predicted molar refractivity (Wildman–Crippen MR) is 89.4 cm³/mol. The first-order valence-corrected chi connectivity index (χ1v) is 8.77. The smallest absolute Gasteiger partial charge is 0.318 e. The fourth-order valence-electron chi connectivity index (χ4n) is 2.08. The molecule has 0 atom stereocenters. The number of sulfonamides is 1. The van der Waals surface area contributed by atoms with E-state index in [-0.39, 0.29) is 33.2 Å². The third-order valence-electron chi connectivity index (χ3n) is 3.24. The Morgan fingerprint density at radius 1 is 1.40 bits per heavy atom. The maximum absolute atomic E-state index is 12.3. The molecule has 0 bridgehead atoms. The van der Waals surface area contributed by atoms with Gasteiger partial charge in [-0.2, -0.15) is 4.72 Å². The number of aliphatic carboxylic acids is 1. The minimum absolute atomic E-state index is 0.0237. The summed E-state index contributed by atoms with van der Waals surface area (Å²) in [6.45, 7) is 4.40. The Bertz CT molecular complexity index is 927. The zero-order chi connectivity index (χ0) is 18.6. The lowest BCUT2D eigenvalue weighted by Crippen LogP contribution is -2.29. The molecule has 0 amide bonds. The second kappa shape index (κ2) is 7.49. The molecule has 9 heteroatoms. The quantitative estimate of drug-likeness (QED) is 0.394. The monoisotopic (exact) mass is 367 g/mol. The van der Waals surface area contributed by atoms with Crippen molar-refractivity contribution in [2.75, 3.05) is 13.2 Å². The average molecular weight is 367 g/mol. The molecule has 134 valence electrons. The molecule has 8 nitrogen and oxygen atoms in total. The van der Waals surface area contributed by atoms with E-state index in [0.717, 1.165) is 0 Å². The number of ether oxygens (including phenoxy) is 1. The summed E-state index contributed by atoms with van der Waals surface area (Å²) in [6, 6.07) is 3.97. The standard InChI is InChI=1S/C16H17NO7S/c1-3-4-7-23-12-5-6-14(25(21,22)17-9-15(19)20)11-8-13(10(2)18)24-16(11)12/h3,5-6,8,17H,1,4,7,9H2,2H3,(H,19,20). The van der Waals surface area contributed by atoms with Crippen LogP contribution >= 0.6 is 0 Å². The van der Waals surface area contributed by atoms with Crippen LogP contribution in [0.15, 0.2) is 40.2 Å². The van der Waals surface area contributed by atoms with Crippen molar-refractivity contribution in [3.8, 4) is 5.75 Å². The minimum atomic E-state index is -4.11. The fraction of sp³-hybridized carbons (Fsp3) is 0.250. The zero-order valence-electron chi connectivity index (χ0n) is 13.4. The number of hydrogen-bond donors (Lipinski definition) is 2. The van der Waals surface area contributed by atoms with Gasteiger partial charge in [-0.05, 0) is 24.6 Å². The van der Waals surface area contributed by atoms with Crippen molar-refractivity contribution in [1.82, 2.24) is 4.72 Å². The number of Topliss-reactive ketones (excluding diaryl/α,β-unsaturated/α-hetero) is 1. The van der Waals surface area contributed by atoms with Gasteiger partial charge in [0.15, 0.2) is 22.9 Å². The van der Waals surface area contributed by atoms with Gasteiger partial charge in [0.25, 0.3) is 0 Å². The molecule has 0 radical (unpaired) electrons. The van der Waals surface area contributed by atoms with E-state index in [4.69, 9.17) is 14.3 Å². The Morgan fingerprint density at radius 2 is 2.12 bits per heavy atom. The molecule has 0 saturated carbocycles. The van der Waals surface area contributed by atoms with Crippen LogP contribution in [0.5, 0.6) is 5.75 Å². The highest BCUT2D eigenvalue weighted by atomic mass is 32.2. The molecule has 0 unspecified atom stereocenters. The van der Waals surface area contributed by atoms with E-state index >= 15 is 0 Å². The molecule has 2 aromatic rings. The van der Waals surface area contributed by atoms with E-state index in [1.54, 1.807) is 6.08 Å². The van der Waals surface area contributed by atoms with Crippen LogP contribution in [0, 0.1) is 0 Å². The molecule has 0 fully saturated rings. The van der Waals surface area contributed by atoms with Crippen molar-refractivity contribution in [3.05, 3.63) is 36.6 Å². The number of ketones is 1. The van der Waals surface area contributed by atoms with Crippen LogP contribution in [0.1, 0.15) is 23.9 Å². The Morgan fingerprint density at radius 3 is 2.72 bits per heavy atom. The molecule has 0 spiro atoms. The average Bonchev–Trinajstić information content (AvgIpc) is 2.99. The van der Waals surface area contributed by atoms with Crippen LogP contribution in [0.3, 0.4) is 0 Å². The lowest BCUT2D eigenvalue weighted by molar-refractivity contribution is -0.135. The first-order chi connectivity index (χ1) is 11.8. The van der Waals surface area contributed by atoms with E-state index in [0.29, 0.717) is 13.0 Å². The van der Waals surface area contributed by atoms with Crippen LogP contribution in [0.2, 0.25) is 0 Å². The second-order valence-electron chi connectivity index (χ2n) is 5.12. The second-order valence-corrected chi connectivity index (χ2v) is 6.85. The SMILES string of the molecule is C=CCCOc1ccc(S(=O)(=O)NCC(=O)O)c2cc(C(C)=O)oc12. The van der Waals surface area contributed by atoms with E-state index in [2.05, 4.69) is 6.58 Å². The van der Waals surface area contributed by atoms with Gasteiger partial charge in [0.05, 0.1) is 11.5 Å². The van der Waals surface area contributed by atoms with Gasteiger partial charge in [0.1, 0.15) is 6.54 Å². The molecule has 25 heavy (non-hydrogen) atoms. The summed E-state index contributed by atoms with van der Waals surface area (Å²) in [5, 5.41) is 8.80. The number of hydrogen-bond acceptors (Lipinski definition) is 6. The molecule has 1 aromatic carbocycles. The van der Waals surface area contributed by atoms with Crippen molar-refractivity contribution >= 4 is 32.7 Å². The topological polar surface area (TPSA) is 123 Å². The molecule has 0 saturated heterocycles. The molecule has 1 aromatic heterocycles. The Hall–Kier alpha value is -2.65. The summed E-state index contributed by atoms with van der Waals surface area (Å²) < 4.78 is 37.6. The van der Waals surface area contributed by atoms with E-state index in [1.807, 2.05) is 4.72 Å². The van der Waals surface area contributed by atoms with Gasteiger partial charge in [0, 0.05) is 12.3 Å². The molecule has 1 heterocycles. The number of fused-ring (bicyclic) bond motifs is 1. The van der Waals surface area contributed by atoms with Crippen LogP contribution < -0.4 is 9.46 Å². The highest BCUT2D eigenvalue weighted by Crippen LogP contribution is 2.34. The minimum Gasteiger partial charge on any atom is -0.489 e. The number of carboxylic acid groups (broad SMARTS) is 1. The Balaban J connectivity index is 2.54. The van der Waals surface area contributed by atoms with Crippen molar-refractivity contribution in [2.24, 2.45) is 0 Å². The van der Waals surface area contributed by atoms with Crippen LogP contribution in [0.25, 0.3) is 11.0 Å². The summed E-state index contributed by atoms with van der Waals surface area (Å²) in [4.78, 5) is 22.0. The molecule has 0 aliphatic carbocycles. The van der Waals surface area contributed by atoms with Gasteiger partial charge in [-0.25, -0.2) is 8.42 Å². The normalized spacial score (nSPS) is 11.4. The van der Waals surface area contributed by atoms with E-state index < -0.39 is 22.5 Å². The van der Waals surface area contributed by atoms with Gasteiger partial charge in [-0.3, -0.25) is 9.59 Å². The Kier molecular flexibility index (Phi) is 5.60. The largest absolute Gasteiger partial charge is 0.489 e. The van der Waals surface area contributed by atoms with Gasteiger partial charge >= 0.3 is 5.97 Å². The molecule has 2 rings (SSSR count). The van der Waals surface area contributed by atoms with E-state index in [1.165, 1.54) is 25.1 Å². The van der Waals surface area contributed by atoms with Crippen LogP contribution in [-0.2, 0) is 14.8 Å². The fourth-order valence-corrected chi connectivity index (χ4v) is 3.24. The number of benzene rings is 1. The third kappa shape index (κ3) is 4.25. The maximum Gasteiger partial charge on any atom is 0.318 e. The summed E-state index contributed by atoms with van der Waals surface area (Å²) in [7, 11) is -4.11. The lowest BCUT2D eigenvalue weighted by atomic mass is 10.2. The predicted octanol–water partition coefficient (Wildman–Crippen LogP) is 1.95. The summed E-state index contributed by atoms with van der Waals surface area (Å²) in [5.41, 5.74) is 0.104. The number of carboxylic acids is 1. The molecular weight excluding hydrogens is 350 g/mol.